The summed E-state index contributed by atoms with van der Waals surface area (Å²) in [6, 6.07) is 8.07. The molecule has 0 spiro atoms. The molecule has 1 unspecified atom stereocenters. The summed E-state index contributed by atoms with van der Waals surface area (Å²) in [6.07, 6.45) is 0.157. The van der Waals surface area contributed by atoms with Gasteiger partial charge in [0.15, 0.2) is 0 Å². The Morgan fingerprint density at radius 2 is 1.91 bits per heavy atom. The van der Waals surface area contributed by atoms with Gasteiger partial charge in [0.25, 0.3) is 0 Å². The van der Waals surface area contributed by atoms with Gasteiger partial charge in [-0.05, 0) is 53.5 Å². The number of hydrogen-bond acceptors (Lipinski definition) is 4. The van der Waals surface area contributed by atoms with Gasteiger partial charge in [-0.3, -0.25) is 0 Å². The van der Waals surface area contributed by atoms with E-state index < -0.39 is 11.7 Å². The fourth-order valence-electron chi connectivity index (χ4n) is 2.87. The minimum atomic E-state index is -0.773. The number of rotatable bonds is 9. The van der Waals surface area contributed by atoms with Gasteiger partial charge >= 0.3 is 6.09 Å². The summed E-state index contributed by atoms with van der Waals surface area (Å²) >= 11 is 2.30. The lowest BCUT2D eigenvalue weighted by atomic mass is 9.81. The SMILES string of the molecule is COCO[C@@](CC(C)C)(CC(C)OC(N)=O)c1ccccc1I. The van der Waals surface area contributed by atoms with Gasteiger partial charge in [-0.25, -0.2) is 4.79 Å². The normalized spacial score (nSPS) is 15.2. The van der Waals surface area contributed by atoms with Crippen molar-refractivity contribution in [3.05, 3.63) is 33.4 Å². The number of ether oxygens (including phenoxy) is 3. The van der Waals surface area contributed by atoms with E-state index in [9.17, 15) is 4.79 Å². The lowest BCUT2D eigenvalue weighted by molar-refractivity contribution is -0.157. The van der Waals surface area contributed by atoms with Crippen LogP contribution < -0.4 is 5.73 Å². The van der Waals surface area contributed by atoms with Gasteiger partial charge in [-0.15, -0.1) is 0 Å². The zero-order chi connectivity index (χ0) is 17.5. The lowest BCUT2D eigenvalue weighted by Gasteiger charge is -2.38. The highest BCUT2D eigenvalue weighted by molar-refractivity contribution is 14.1. The number of nitrogens with two attached hydrogens (primary N) is 1. The van der Waals surface area contributed by atoms with E-state index in [0.717, 1.165) is 15.6 Å². The molecule has 1 rings (SSSR count). The van der Waals surface area contributed by atoms with Crippen LogP contribution in [0.3, 0.4) is 0 Å². The van der Waals surface area contributed by atoms with Gasteiger partial charge in [0, 0.05) is 17.1 Å². The molecule has 0 bridgehead atoms. The summed E-state index contributed by atoms with van der Waals surface area (Å²) in [4.78, 5) is 11.1. The molecule has 0 aromatic heterocycles. The first kappa shape index (κ1) is 20.2. The molecule has 2 N–H and O–H groups in total. The maximum Gasteiger partial charge on any atom is 0.404 e. The smallest absolute Gasteiger partial charge is 0.404 e. The highest BCUT2D eigenvalue weighted by Gasteiger charge is 2.38. The molecule has 0 aliphatic heterocycles. The van der Waals surface area contributed by atoms with E-state index in [1.54, 1.807) is 7.11 Å². The van der Waals surface area contributed by atoms with Crippen LogP contribution in [0.5, 0.6) is 0 Å². The molecule has 1 amide bonds. The fraction of sp³-hybridized carbons (Fsp3) is 0.588. The summed E-state index contributed by atoms with van der Waals surface area (Å²) < 4.78 is 17.5. The molecule has 0 aliphatic carbocycles. The van der Waals surface area contributed by atoms with Crippen LogP contribution in [-0.2, 0) is 19.8 Å². The number of methoxy groups -OCH3 is 1. The predicted octanol–water partition coefficient (Wildman–Crippen LogP) is 4.03. The first-order chi connectivity index (χ1) is 10.8. The van der Waals surface area contributed by atoms with Crippen molar-refractivity contribution in [1.29, 1.82) is 0 Å². The quantitative estimate of drug-likeness (QED) is 0.470. The Hall–Kier alpha value is -0.860. The maximum atomic E-state index is 11.1. The summed E-state index contributed by atoms with van der Waals surface area (Å²) in [5.74, 6) is 0.392. The Labute approximate surface area is 152 Å². The number of primary amides is 1. The number of benzene rings is 1. The second-order valence-electron chi connectivity index (χ2n) is 6.07. The van der Waals surface area contributed by atoms with Gasteiger partial charge in [-0.2, -0.15) is 0 Å². The standard InChI is InChI=1S/C17H26INO4/c1-12(2)9-17(22-11-21-4,10-13(3)23-16(19)20)14-7-5-6-8-15(14)18/h5-8,12-13H,9-11H2,1-4H3,(H2,19,20)/t13?,17-/m0/s1. The Bertz CT molecular complexity index is 509. The lowest BCUT2D eigenvalue weighted by Crippen LogP contribution is -2.38. The van der Waals surface area contributed by atoms with Crippen LogP contribution in [0.2, 0.25) is 0 Å². The van der Waals surface area contributed by atoms with Crippen molar-refractivity contribution in [2.45, 2.75) is 45.3 Å². The molecule has 0 saturated carbocycles. The van der Waals surface area contributed by atoms with Crippen LogP contribution in [0.1, 0.15) is 39.2 Å². The molecule has 5 nitrogen and oxygen atoms in total. The molecule has 0 radical (unpaired) electrons. The highest BCUT2D eigenvalue weighted by Crippen LogP contribution is 2.40. The third-order valence-corrected chi connectivity index (χ3v) is 4.43. The van der Waals surface area contributed by atoms with Crippen LogP contribution in [0.15, 0.2) is 24.3 Å². The Morgan fingerprint density at radius 3 is 2.43 bits per heavy atom. The van der Waals surface area contributed by atoms with Crippen molar-refractivity contribution in [3.63, 3.8) is 0 Å². The molecular weight excluding hydrogens is 409 g/mol. The van der Waals surface area contributed by atoms with E-state index in [2.05, 4.69) is 42.5 Å². The average Bonchev–Trinajstić information content (AvgIpc) is 2.43. The summed E-state index contributed by atoms with van der Waals surface area (Å²) in [7, 11) is 1.60. The largest absolute Gasteiger partial charge is 0.447 e. The number of hydrogen-bond donors (Lipinski definition) is 1. The van der Waals surface area contributed by atoms with E-state index in [4.69, 9.17) is 19.9 Å². The molecule has 1 aromatic carbocycles. The Morgan fingerprint density at radius 1 is 1.26 bits per heavy atom. The van der Waals surface area contributed by atoms with E-state index in [1.165, 1.54) is 0 Å². The molecule has 1 aromatic rings. The van der Waals surface area contributed by atoms with Gasteiger partial charge in [-0.1, -0.05) is 32.0 Å². The maximum absolute atomic E-state index is 11.1. The van der Waals surface area contributed by atoms with Crippen molar-refractivity contribution in [3.8, 4) is 0 Å². The average molecular weight is 435 g/mol. The van der Waals surface area contributed by atoms with Gasteiger partial charge in [0.2, 0.25) is 0 Å². The predicted molar refractivity (Wildman–Crippen MR) is 98.0 cm³/mol. The van der Waals surface area contributed by atoms with Crippen LogP contribution in [0.4, 0.5) is 4.79 Å². The Balaban J connectivity index is 3.23. The molecule has 0 saturated heterocycles. The molecule has 0 heterocycles. The minimum Gasteiger partial charge on any atom is -0.447 e. The molecular formula is C17H26INO4. The first-order valence-electron chi connectivity index (χ1n) is 7.64. The van der Waals surface area contributed by atoms with Crippen molar-refractivity contribution in [2.24, 2.45) is 11.7 Å². The zero-order valence-corrected chi connectivity index (χ0v) is 16.3. The van der Waals surface area contributed by atoms with Gasteiger partial charge in [0.1, 0.15) is 18.5 Å². The van der Waals surface area contributed by atoms with Crippen LogP contribution in [0.25, 0.3) is 0 Å². The van der Waals surface area contributed by atoms with Gasteiger partial charge in [0.05, 0.1) is 0 Å². The summed E-state index contributed by atoms with van der Waals surface area (Å²) in [5.41, 5.74) is 5.63. The van der Waals surface area contributed by atoms with Crippen LogP contribution >= 0.6 is 22.6 Å². The van der Waals surface area contributed by atoms with Crippen molar-refractivity contribution >= 4 is 28.7 Å². The van der Waals surface area contributed by atoms with Crippen LogP contribution in [0, 0.1) is 9.49 Å². The summed E-state index contributed by atoms with van der Waals surface area (Å²) in [5, 5.41) is 0. The number of halogens is 1. The van der Waals surface area contributed by atoms with E-state index in [1.807, 2.05) is 25.1 Å². The molecule has 6 heteroatoms. The molecule has 130 valence electrons. The molecule has 23 heavy (non-hydrogen) atoms. The molecule has 2 atom stereocenters. The summed E-state index contributed by atoms with van der Waals surface area (Å²) in [6.45, 7) is 6.27. The third-order valence-electron chi connectivity index (χ3n) is 3.49. The van der Waals surface area contributed by atoms with E-state index in [0.29, 0.717) is 12.3 Å². The second-order valence-corrected chi connectivity index (χ2v) is 7.24. The van der Waals surface area contributed by atoms with Crippen molar-refractivity contribution in [2.75, 3.05) is 13.9 Å². The van der Waals surface area contributed by atoms with Crippen molar-refractivity contribution < 1.29 is 19.0 Å². The zero-order valence-electron chi connectivity index (χ0n) is 14.2. The second kappa shape index (κ2) is 9.44. The van der Waals surface area contributed by atoms with Crippen molar-refractivity contribution in [1.82, 2.24) is 0 Å². The highest BCUT2D eigenvalue weighted by atomic mass is 127. The van der Waals surface area contributed by atoms with E-state index in [-0.39, 0.29) is 12.9 Å². The van der Waals surface area contributed by atoms with Gasteiger partial charge < -0.3 is 19.9 Å². The number of carbonyl (C=O) groups excluding carboxylic acids is 1. The molecule has 0 aliphatic rings. The topological polar surface area (TPSA) is 70.8 Å². The molecule has 0 fully saturated rings. The number of carbonyl (C=O) groups is 1. The fourth-order valence-corrected chi connectivity index (χ4v) is 3.74. The first-order valence-corrected chi connectivity index (χ1v) is 8.72. The third kappa shape index (κ3) is 6.27. The van der Waals surface area contributed by atoms with Crippen LogP contribution in [-0.4, -0.2) is 26.1 Å². The Kier molecular flexibility index (Phi) is 8.28. The number of amides is 1. The monoisotopic (exact) mass is 435 g/mol. The minimum absolute atomic E-state index is 0.168. The van der Waals surface area contributed by atoms with E-state index >= 15 is 0 Å².